The van der Waals surface area contributed by atoms with Crippen molar-refractivity contribution < 1.29 is 0 Å². The summed E-state index contributed by atoms with van der Waals surface area (Å²) in [5.41, 5.74) is 2.34. The van der Waals surface area contributed by atoms with Crippen LogP contribution in [0.3, 0.4) is 0 Å². The van der Waals surface area contributed by atoms with Gasteiger partial charge in [0, 0.05) is 29.2 Å². The highest BCUT2D eigenvalue weighted by molar-refractivity contribution is 7.11. The van der Waals surface area contributed by atoms with Crippen molar-refractivity contribution in [2.24, 2.45) is 0 Å². The molecule has 1 unspecified atom stereocenters. The predicted molar refractivity (Wildman–Crippen MR) is 85.3 cm³/mol. The van der Waals surface area contributed by atoms with E-state index in [0.29, 0.717) is 6.04 Å². The van der Waals surface area contributed by atoms with Gasteiger partial charge in [-0.05, 0) is 45.4 Å². The predicted octanol–water partition coefficient (Wildman–Crippen LogP) is 3.31. The van der Waals surface area contributed by atoms with Crippen molar-refractivity contribution in [3.05, 3.63) is 45.7 Å². The van der Waals surface area contributed by atoms with Gasteiger partial charge in [0.15, 0.2) is 0 Å². The van der Waals surface area contributed by atoms with Crippen molar-refractivity contribution in [1.29, 1.82) is 0 Å². The number of nitrogens with one attached hydrogen (secondary N) is 1. The summed E-state index contributed by atoms with van der Waals surface area (Å²) in [5, 5.41) is 4.81. The Morgan fingerprint density at radius 3 is 2.75 bits per heavy atom. The molecule has 0 aliphatic carbocycles. The molecule has 0 saturated heterocycles. The highest BCUT2D eigenvalue weighted by Crippen LogP contribution is 2.19. The van der Waals surface area contributed by atoms with Crippen molar-refractivity contribution in [1.82, 2.24) is 15.3 Å². The van der Waals surface area contributed by atoms with Gasteiger partial charge in [-0.25, -0.2) is 4.98 Å². The molecule has 1 N–H and O–H groups in total. The number of likely N-dealkylation sites (N-methyl/N-ethyl adjacent to an activating group) is 1. The molecule has 0 fully saturated rings. The van der Waals surface area contributed by atoms with Crippen LogP contribution in [-0.4, -0.2) is 22.6 Å². The summed E-state index contributed by atoms with van der Waals surface area (Å²) < 4.78 is 0. The van der Waals surface area contributed by atoms with Gasteiger partial charge in [-0.3, -0.25) is 4.98 Å². The average Bonchev–Trinajstić information content (AvgIpc) is 2.76. The summed E-state index contributed by atoms with van der Waals surface area (Å²) in [6.45, 7) is 7.39. The van der Waals surface area contributed by atoms with Gasteiger partial charge in [-0.2, -0.15) is 0 Å². The zero-order chi connectivity index (χ0) is 14.4. The Morgan fingerprint density at radius 2 is 2.15 bits per heavy atom. The summed E-state index contributed by atoms with van der Waals surface area (Å²) in [5.74, 6) is 0. The fourth-order valence-corrected chi connectivity index (χ4v) is 3.28. The van der Waals surface area contributed by atoms with Crippen LogP contribution in [0.25, 0.3) is 0 Å². The third kappa shape index (κ3) is 4.39. The second-order valence-electron chi connectivity index (χ2n) is 5.07. The molecule has 2 aromatic heterocycles. The number of aromatic nitrogens is 2. The zero-order valence-electron chi connectivity index (χ0n) is 12.5. The summed E-state index contributed by atoms with van der Waals surface area (Å²) in [6.07, 6.45) is 5.00. The Bertz CT molecular complexity index is 502. The van der Waals surface area contributed by atoms with Gasteiger partial charge in [0.1, 0.15) is 0 Å². The number of nitrogens with zero attached hydrogens (tertiary/aromatic N) is 2. The first-order valence-electron chi connectivity index (χ1n) is 7.25. The molecule has 2 aromatic rings. The number of rotatable bonds is 7. The molecule has 0 bridgehead atoms. The minimum atomic E-state index is 0.479. The first-order valence-corrected chi connectivity index (χ1v) is 8.07. The summed E-state index contributed by atoms with van der Waals surface area (Å²) in [4.78, 5) is 10.4. The molecular weight excluding hydrogens is 266 g/mol. The standard InChI is InChI=1S/C16H23N3S/c1-4-17-15(9-8-14-7-5-6-10-18-14)11-16-19-12(2)13(3)20-16/h5-7,10,15,17H,4,8-9,11H2,1-3H3. The Balaban J connectivity index is 1.93. The highest BCUT2D eigenvalue weighted by atomic mass is 32.1. The van der Waals surface area contributed by atoms with E-state index in [0.717, 1.165) is 25.8 Å². The van der Waals surface area contributed by atoms with E-state index in [9.17, 15) is 0 Å². The lowest BCUT2D eigenvalue weighted by atomic mass is 10.1. The summed E-state index contributed by atoms with van der Waals surface area (Å²) in [6, 6.07) is 6.59. The maximum atomic E-state index is 4.65. The normalized spacial score (nSPS) is 12.6. The fourth-order valence-electron chi connectivity index (χ4n) is 2.27. The molecule has 0 aromatic carbocycles. The van der Waals surface area contributed by atoms with E-state index in [1.165, 1.54) is 21.3 Å². The van der Waals surface area contributed by atoms with Crippen LogP contribution in [0.15, 0.2) is 24.4 Å². The molecule has 0 spiro atoms. The van der Waals surface area contributed by atoms with Gasteiger partial charge in [-0.15, -0.1) is 11.3 Å². The SMILES string of the molecule is CCNC(CCc1ccccn1)Cc1nc(C)c(C)s1. The van der Waals surface area contributed by atoms with Gasteiger partial charge in [-0.1, -0.05) is 13.0 Å². The van der Waals surface area contributed by atoms with Gasteiger partial charge in [0.2, 0.25) is 0 Å². The molecule has 0 aliphatic heterocycles. The van der Waals surface area contributed by atoms with Gasteiger partial charge in [0.05, 0.1) is 10.7 Å². The fraction of sp³-hybridized carbons (Fsp3) is 0.500. The van der Waals surface area contributed by atoms with E-state index in [4.69, 9.17) is 0 Å². The molecule has 0 aliphatic rings. The quantitative estimate of drug-likeness (QED) is 0.850. The number of pyridine rings is 1. The maximum absolute atomic E-state index is 4.65. The van der Waals surface area contributed by atoms with E-state index >= 15 is 0 Å². The first kappa shape index (κ1) is 15.1. The number of hydrogen-bond acceptors (Lipinski definition) is 4. The number of aryl methyl sites for hydroxylation is 3. The van der Waals surface area contributed by atoms with Gasteiger partial charge >= 0.3 is 0 Å². The minimum Gasteiger partial charge on any atom is -0.314 e. The molecule has 1 atom stereocenters. The van der Waals surface area contributed by atoms with E-state index in [-0.39, 0.29) is 0 Å². The third-order valence-corrected chi connectivity index (χ3v) is 4.56. The Hall–Kier alpha value is -1.26. The molecule has 4 heteroatoms. The average molecular weight is 289 g/mol. The van der Waals surface area contributed by atoms with Crippen molar-refractivity contribution in [3.8, 4) is 0 Å². The molecule has 2 heterocycles. The van der Waals surface area contributed by atoms with Crippen LogP contribution in [0.1, 0.15) is 34.6 Å². The number of hydrogen-bond donors (Lipinski definition) is 1. The Morgan fingerprint density at radius 1 is 1.30 bits per heavy atom. The van der Waals surface area contributed by atoms with Gasteiger partial charge in [0.25, 0.3) is 0 Å². The van der Waals surface area contributed by atoms with Crippen LogP contribution in [0.5, 0.6) is 0 Å². The first-order chi connectivity index (χ1) is 9.69. The second-order valence-corrected chi connectivity index (χ2v) is 6.36. The monoisotopic (exact) mass is 289 g/mol. The largest absolute Gasteiger partial charge is 0.314 e. The summed E-state index contributed by atoms with van der Waals surface area (Å²) in [7, 11) is 0. The molecule has 20 heavy (non-hydrogen) atoms. The number of thiazole rings is 1. The summed E-state index contributed by atoms with van der Waals surface area (Å²) >= 11 is 1.82. The minimum absolute atomic E-state index is 0.479. The van der Waals surface area contributed by atoms with Gasteiger partial charge < -0.3 is 5.32 Å². The lowest BCUT2D eigenvalue weighted by Crippen LogP contribution is -2.31. The smallest absolute Gasteiger partial charge is 0.0946 e. The lowest BCUT2D eigenvalue weighted by Gasteiger charge is -2.16. The molecule has 2 rings (SSSR count). The van der Waals surface area contributed by atoms with E-state index < -0.39 is 0 Å². The maximum Gasteiger partial charge on any atom is 0.0946 e. The van der Waals surface area contributed by atoms with Crippen LogP contribution in [0, 0.1) is 13.8 Å². The van der Waals surface area contributed by atoms with Crippen LogP contribution in [-0.2, 0) is 12.8 Å². The Labute approximate surface area is 125 Å². The van der Waals surface area contributed by atoms with Crippen molar-refractivity contribution >= 4 is 11.3 Å². The lowest BCUT2D eigenvalue weighted by molar-refractivity contribution is 0.488. The molecule has 108 valence electrons. The molecular formula is C16H23N3S. The topological polar surface area (TPSA) is 37.8 Å². The van der Waals surface area contributed by atoms with E-state index in [1.807, 2.05) is 23.6 Å². The molecule has 0 saturated carbocycles. The third-order valence-electron chi connectivity index (χ3n) is 3.46. The highest BCUT2D eigenvalue weighted by Gasteiger charge is 2.12. The molecule has 0 radical (unpaired) electrons. The van der Waals surface area contributed by atoms with E-state index in [1.54, 1.807) is 0 Å². The Kier molecular flexibility index (Phi) is 5.68. The zero-order valence-corrected chi connectivity index (χ0v) is 13.3. The van der Waals surface area contributed by atoms with Crippen LogP contribution in [0.2, 0.25) is 0 Å². The van der Waals surface area contributed by atoms with Crippen LogP contribution in [0.4, 0.5) is 0 Å². The molecule has 3 nitrogen and oxygen atoms in total. The van der Waals surface area contributed by atoms with Crippen LogP contribution < -0.4 is 5.32 Å². The van der Waals surface area contributed by atoms with Crippen molar-refractivity contribution in [2.45, 2.75) is 46.1 Å². The van der Waals surface area contributed by atoms with E-state index in [2.05, 4.69) is 48.2 Å². The second kappa shape index (κ2) is 7.50. The van der Waals surface area contributed by atoms with Crippen molar-refractivity contribution in [2.75, 3.05) is 6.54 Å². The molecule has 0 amide bonds. The van der Waals surface area contributed by atoms with Crippen molar-refractivity contribution in [3.63, 3.8) is 0 Å². The van der Waals surface area contributed by atoms with Crippen LogP contribution >= 0.6 is 11.3 Å².